The molecule has 3 rings (SSSR count). The quantitative estimate of drug-likeness (QED) is 0.464. The fourth-order valence-corrected chi connectivity index (χ4v) is 3.32. The summed E-state index contributed by atoms with van der Waals surface area (Å²) in [5.74, 6) is 1.20. The minimum Gasteiger partial charge on any atom is -0.356 e. The van der Waals surface area contributed by atoms with Crippen molar-refractivity contribution >= 4 is 5.96 Å². The molecular formula is C24H28N4. The van der Waals surface area contributed by atoms with Crippen LogP contribution in [0.1, 0.15) is 29.0 Å². The number of aliphatic imine (C=N–C) groups is 1. The van der Waals surface area contributed by atoms with E-state index in [-0.39, 0.29) is 0 Å². The highest BCUT2D eigenvalue weighted by atomic mass is 15.2. The molecule has 3 aromatic rings. The number of aromatic nitrogens is 1. The summed E-state index contributed by atoms with van der Waals surface area (Å²) in [4.78, 5) is 8.50. The highest BCUT2D eigenvalue weighted by molar-refractivity contribution is 5.79. The fraction of sp³-hybridized carbons (Fsp3) is 0.250. The number of hydrogen-bond donors (Lipinski definition) is 2. The molecule has 0 unspecified atom stereocenters. The molecular weight excluding hydrogens is 344 g/mol. The summed E-state index contributed by atoms with van der Waals surface area (Å²) >= 11 is 0. The number of benzene rings is 2. The first-order valence-corrected chi connectivity index (χ1v) is 9.80. The van der Waals surface area contributed by atoms with Gasteiger partial charge in [-0.15, -0.1) is 0 Å². The summed E-state index contributed by atoms with van der Waals surface area (Å²) in [6.07, 6.45) is 5.62. The van der Waals surface area contributed by atoms with Gasteiger partial charge < -0.3 is 10.6 Å². The second-order valence-corrected chi connectivity index (χ2v) is 6.70. The zero-order valence-electron chi connectivity index (χ0n) is 16.4. The van der Waals surface area contributed by atoms with E-state index in [1.165, 1.54) is 16.7 Å². The standard InChI is InChI=1S/C24H28N4/c1-25-24(27-17-14-20-9-8-16-26-19-20)28-18-15-23(21-10-4-2-5-11-21)22-12-6-3-7-13-22/h2-13,16,19,23H,14-15,17-18H2,1H3,(H2,25,27,28). The second-order valence-electron chi connectivity index (χ2n) is 6.70. The van der Waals surface area contributed by atoms with Gasteiger partial charge in [0.05, 0.1) is 0 Å². The van der Waals surface area contributed by atoms with Gasteiger partial charge >= 0.3 is 0 Å². The van der Waals surface area contributed by atoms with Crippen molar-refractivity contribution < 1.29 is 0 Å². The van der Waals surface area contributed by atoms with Gasteiger partial charge in [-0.3, -0.25) is 9.98 Å². The molecule has 0 fully saturated rings. The van der Waals surface area contributed by atoms with Crippen LogP contribution in [0.2, 0.25) is 0 Å². The molecule has 0 aliphatic heterocycles. The number of pyridine rings is 1. The molecule has 0 aliphatic rings. The number of nitrogens with zero attached hydrogens (tertiary/aromatic N) is 2. The molecule has 2 N–H and O–H groups in total. The first-order chi connectivity index (χ1) is 13.9. The lowest BCUT2D eigenvalue weighted by atomic mass is 9.88. The molecule has 0 radical (unpaired) electrons. The monoisotopic (exact) mass is 372 g/mol. The average molecular weight is 373 g/mol. The molecule has 0 atom stereocenters. The predicted octanol–water partition coefficient (Wildman–Crippen LogP) is 4.01. The van der Waals surface area contributed by atoms with Crippen molar-refractivity contribution in [2.75, 3.05) is 20.1 Å². The Kier molecular flexibility index (Phi) is 7.62. The number of nitrogens with one attached hydrogen (secondary N) is 2. The third-order valence-corrected chi connectivity index (χ3v) is 4.78. The van der Waals surface area contributed by atoms with Crippen LogP contribution >= 0.6 is 0 Å². The Morgan fingerprint density at radius 3 is 2.07 bits per heavy atom. The van der Waals surface area contributed by atoms with Crippen LogP contribution in [0, 0.1) is 0 Å². The van der Waals surface area contributed by atoms with Crippen molar-refractivity contribution in [3.63, 3.8) is 0 Å². The first kappa shape index (κ1) is 19.6. The molecule has 0 bridgehead atoms. The van der Waals surface area contributed by atoms with Gasteiger partial charge in [0.2, 0.25) is 0 Å². The minimum absolute atomic E-state index is 0.364. The van der Waals surface area contributed by atoms with E-state index in [4.69, 9.17) is 0 Å². The molecule has 0 spiro atoms. The summed E-state index contributed by atoms with van der Waals surface area (Å²) in [5.41, 5.74) is 3.91. The van der Waals surface area contributed by atoms with Crippen molar-refractivity contribution in [1.29, 1.82) is 0 Å². The van der Waals surface area contributed by atoms with E-state index in [9.17, 15) is 0 Å². The lowest BCUT2D eigenvalue weighted by Gasteiger charge is -2.19. The number of rotatable bonds is 8. The Labute approximate surface area is 167 Å². The molecule has 4 nitrogen and oxygen atoms in total. The second kappa shape index (κ2) is 10.9. The van der Waals surface area contributed by atoms with Crippen LogP contribution in [0.15, 0.2) is 90.2 Å². The summed E-state index contributed by atoms with van der Waals surface area (Å²) in [6.45, 7) is 1.67. The highest BCUT2D eigenvalue weighted by Crippen LogP contribution is 2.27. The Bertz CT molecular complexity index is 793. The Balaban J connectivity index is 1.53. The fourth-order valence-electron chi connectivity index (χ4n) is 3.32. The summed E-state index contributed by atoms with van der Waals surface area (Å²) < 4.78 is 0. The molecule has 144 valence electrons. The molecule has 0 aliphatic carbocycles. The van der Waals surface area contributed by atoms with Gasteiger partial charge in [-0.05, 0) is 35.6 Å². The normalized spacial score (nSPS) is 11.4. The zero-order chi connectivity index (χ0) is 19.4. The maximum atomic E-state index is 4.34. The Morgan fingerprint density at radius 2 is 1.50 bits per heavy atom. The van der Waals surface area contributed by atoms with Crippen LogP contribution in [0.4, 0.5) is 0 Å². The SMILES string of the molecule is CN=C(NCCc1cccnc1)NCCC(c1ccccc1)c1ccccc1. The van der Waals surface area contributed by atoms with Gasteiger partial charge in [-0.1, -0.05) is 66.7 Å². The predicted molar refractivity (Wildman–Crippen MR) is 117 cm³/mol. The van der Waals surface area contributed by atoms with Crippen molar-refractivity contribution in [3.05, 3.63) is 102 Å². The largest absolute Gasteiger partial charge is 0.356 e. The Hall–Kier alpha value is -3.14. The maximum Gasteiger partial charge on any atom is 0.190 e. The van der Waals surface area contributed by atoms with Gasteiger partial charge in [0.15, 0.2) is 5.96 Å². The molecule has 0 amide bonds. The molecule has 0 saturated heterocycles. The van der Waals surface area contributed by atoms with Crippen LogP contribution in [0.5, 0.6) is 0 Å². The van der Waals surface area contributed by atoms with E-state index in [0.29, 0.717) is 5.92 Å². The molecule has 0 saturated carbocycles. The lowest BCUT2D eigenvalue weighted by Crippen LogP contribution is -2.39. The molecule has 4 heteroatoms. The lowest BCUT2D eigenvalue weighted by molar-refractivity contribution is 0.678. The number of hydrogen-bond acceptors (Lipinski definition) is 2. The van der Waals surface area contributed by atoms with E-state index in [0.717, 1.165) is 31.9 Å². The first-order valence-electron chi connectivity index (χ1n) is 9.80. The van der Waals surface area contributed by atoms with E-state index in [1.54, 1.807) is 6.20 Å². The third-order valence-electron chi connectivity index (χ3n) is 4.78. The third kappa shape index (κ3) is 5.95. The van der Waals surface area contributed by atoms with Gasteiger partial charge in [-0.25, -0.2) is 0 Å². The van der Waals surface area contributed by atoms with Crippen LogP contribution in [0.3, 0.4) is 0 Å². The summed E-state index contributed by atoms with van der Waals surface area (Å²) in [6, 6.07) is 25.5. The molecule has 1 heterocycles. The topological polar surface area (TPSA) is 49.3 Å². The molecule has 1 aromatic heterocycles. The van der Waals surface area contributed by atoms with E-state index in [2.05, 4.69) is 87.3 Å². The maximum absolute atomic E-state index is 4.34. The Morgan fingerprint density at radius 1 is 0.857 bits per heavy atom. The van der Waals surface area contributed by atoms with Crippen molar-refractivity contribution in [1.82, 2.24) is 15.6 Å². The summed E-state index contributed by atoms with van der Waals surface area (Å²) in [7, 11) is 1.81. The van der Waals surface area contributed by atoms with Crippen molar-refractivity contribution in [2.24, 2.45) is 4.99 Å². The van der Waals surface area contributed by atoms with Crippen molar-refractivity contribution in [3.8, 4) is 0 Å². The minimum atomic E-state index is 0.364. The van der Waals surface area contributed by atoms with Gasteiger partial charge in [0.1, 0.15) is 0 Å². The van der Waals surface area contributed by atoms with Gasteiger partial charge in [-0.2, -0.15) is 0 Å². The summed E-state index contributed by atoms with van der Waals surface area (Å²) in [5, 5.41) is 6.83. The molecule has 2 aromatic carbocycles. The van der Waals surface area contributed by atoms with E-state index in [1.807, 2.05) is 19.3 Å². The highest BCUT2D eigenvalue weighted by Gasteiger charge is 2.13. The number of guanidine groups is 1. The van der Waals surface area contributed by atoms with Gasteiger partial charge in [0, 0.05) is 38.4 Å². The van der Waals surface area contributed by atoms with Crippen LogP contribution in [-0.2, 0) is 6.42 Å². The molecule has 28 heavy (non-hydrogen) atoms. The van der Waals surface area contributed by atoms with Crippen LogP contribution < -0.4 is 10.6 Å². The van der Waals surface area contributed by atoms with Crippen LogP contribution in [0.25, 0.3) is 0 Å². The van der Waals surface area contributed by atoms with E-state index >= 15 is 0 Å². The van der Waals surface area contributed by atoms with Crippen molar-refractivity contribution in [2.45, 2.75) is 18.8 Å². The van der Waals surface area contributed by atoms with Crippen LogP contribution in [-0.4, -0.2) is 31.1 Å². The van der Waals surface area contributed by atoms with E-state index < -0.39 is 0 Å². The smallest absolute Gasteiger partial charge is 0.190 e. The average Bonchev–Trinajstić information content (AvgIpc) is 2.77. The zero-order valence-corrected chi connectivity index (χ0v) is 16.4. The van der Waals surface area contributed by atoms with Gasteiger partial charge in [0.25, 0.3) is 0 Å².